The molecule has 1 aliphatic rings. The number of aryl methyl sites for hydroxylation is 1. The topological polar surface area (TPSA) is 73.8 Å². The summed E-state index contributed by atoms with van der Waals surface area (Å²) in [6, 6.07) is 2.02. The SMILES string of the molecule is Cc1ncnc(N(C)CC2CCN(c3ncnc4[nH]ccc34)CC2)c1F. The second-order valence-electron chi connectivity index (χ2n) is 6.84. The van der Waals surface area contributed by atoms with Gasteiger partial charge in [0.05, 0.1) is 11.1 Å². The van der Waals surface area contributed by atoms with E-state index in [9.17, 15) is 4.39 Å². The quantitative estimate of drug-likeness (QED) is 0.775. The van der Waals surface area contributed by atoms with Crippen LogP contribution in [-0.4, -0.2) is 51.6 Å². The number of hydrogen-bond acceptors (Lipinski definition) is 6. The van der Waals surface area contributed by atoms with Gasteiger partial charge in [-0.3, -0.25) is 0 Å². The minimum absolute atomic E-state index is 0.330. The summed E-state index contributed by atoms with van der Waals surface area (Å²) in [5.41, 5.74) is 1.25. The lowest BCUT2D eigenvalue weighted by Gasteiger charge is -2.35. The molecule has 1 fully saturated rings. The average molecular weight is 355 g/mol. The first kappa shape index (κ1) is 16.7. The van der Waals surface area contributed by atoms with Crippen molar-refractivity contribution in [3.8, 4) is 0 Å². The van der Waals surface area contributed by atoms with Gasteiger partial charge in [0.1, 0.15) is 24.1 Å². The molecule has 3 aromatic rings. The third kappa shape index (κ3) is 3.07. The summed E-state index contributed by atoms with van der Waals surface area (Å²) in [6.07, 6.45) is 6.99. The van der Waals surface area contributed by atoms with Crippen molar-refractivity contribution in [1.29, 1.82) is 0 Å². The number of nitrogens with zero attached hydrogens (tertiary/aromatic N) is 6. The van der Waals surface area contributed by atoms with E-state index in [4.69, 9.17) is 0 Å². The zero-order chi connectivity index (χ0) is 18.1. The molecular formula is C18H22FN7. The molecule has 0 spiro atoms. The Kier molecular flexibility index (Phi) is 4.40. The maximum Gasteiger partial charge on any atom is 0.186 e. The summed E-state index contributed by atoms with van der Waals surface area (Å²) < 4.78 is 14.2. The van der Waals surface area contributed by atoms with Crippen molar-refractivity contribution in [2.45, 2.75) is 19.8 Å². The van der Waals surface area contributed by atoms with Gasteiger partial charge in [-0.05, 0) is 31.7 Å². The number of aromatic amines is 1. The Balaban J connectivity index is 1.41. The molecule has 4 rings (SSSR count). The fourth-order valence-electron chi connectivity index (χ4n) is 3.62. The van der Waals surface area contributed by atoms with E-state index in [1.165, 1.54) is 6.33 Å². The van der Waals surface area contributed by atoms with Crippen LogP contribution in [0.3, 0.4) is 0 Å². The molecule has 3 aromatic heterocycles. The smallest absolute Gasteiger partial charge is 0.186 e. The molecule has 1 N–H and O–H groups in total. The van der Waals surface area contributed by atoms with Crippen LogP contribution in [0.15, 0.2) is 24.9 Å². The zero-order valence-corrected chi connectivity index (χ0v) is 15.0. The highest BCUT2D eigenvalue weighted by Crippen LogP contribution is 2.28. The van der Waals surface area contributed by atoms with Gasteiger partial charge in [-0.2, -0.15) is 0 Å². The predicted octanol–water partition coefficient (Wildman–Crippen LogP) is 2.55. The summed E-state index contributed by atoms with van der Waals surface area (Å²) in [5.74, 6) is 1.53. The van der Waals surface area contributed by atoms with E-state index in [-0.39, 0.29) is 5.82 Å². The minimum atomic E-state index is -0.330. The average Bonchev–Trinajstić information content (AvgIpc) is 3.13. The molecule has 1 saturated heterocycles. The van der Waals surface area contributed by atoms with Crippen molar-refractivity contribution in [2.24, 2.45) is 5.92 Å². The number of aromatic nitrogens is 5. The molecule has 0 radical (unpaired) electrons. The van der Waals surface area contributed by atoms with Crippen LogP contribution in [0.25, 0.3) is 11.0 Å². The Bertz CT molecular complexity index is 901. The van der Waals surface area contributed by atoms with E-state index in [0.717, 1.165) is 49.3 Å². The van der Waals surface area contributed by atoms with Crippen molar-refractivity contribution in [2.75, 3.05) is 36.5 Å². The molecule has 136 valence electrons. The van der Waals surface area contributed by atoms with E-state index in [2.05, 4.69) is 29.8 Å². The van der Waals surface area contributed by atoms with Crippen LogP contribution in [0.1, 0.15) is 18.5 Å². The summed E-state index contributed by atoms with van der Waals surface area (Å²) in [7, 11) is 1.89. The van der Waals surface area contributed by atoms with Gasteiger partial charge >= 0.3 is 0 Å². The van der Waals surface area contributed by atoms with E-state index >= 15 is 0 Å². The number of nitrogens with one attached hydrogen (secondary N) is 1. The number of rotatable bonds is 4. The molecule has 7 nitrogen and oxygen atoms in total. The number of hydrogen-bond donors (Lipinski definition) is 1. The van der Waals surface area contributed by atoms with Crippen LogP contribution in [-0.2, 0) is 0 Å². The number of H-pyrrole nitrogens is 1. The lowest BCUT2D eigenvalue weighted by atomic mass is 9.96. The zero-order valence-electron chi connectivity index (χ0n) is 15.0. The highest BCUT2D eigenvalue weighted by Gasteiger charge is 2.24. The summed E-state index contributed by atoms with van der Waals surface area (Å²) in [5, 5.41) is 1.06. The molecule has 0 aliphatic carbocycles. The molecule has 0 bridgehead atoms. The molecule has 8 heteroatoms. The Morgan fingerprint density at radius 2 is 1.96 bits per heavy atom. The second kappa shape index (κ2) is 6.86. The molecule has 0 atom stereocenters. The van der Waals surface area contributed by atoms with E-state index < -0.39 is 0 Å². The minimum Gasteiger partial charge on any atom is -0.357 e. The van der Waals surface area contributed by atoms with Crippen LogP contribution in [0.4, 0.5) is 16.0 Å². The summed E-state index contributed by atoms with van der Waals surface area (Å²) in [4.78, 5) is 24.1. The molecule has 0 unspecified atom stereocenters. The van der Waals surface area contributed by atoms with Gasteiger partial charge in [0.2, 0.25) is 0 Å². The Morgan fingerprint density at radius 3 is 2.77 bits per heavy atom. The lowest BCUT2D eigenvalue weighted by molar-refractivity contribution is 0.405. The van der Waals surface area contributed by atoms with Crippen LogP contribution < -0.4 is 9.80 Å². The third-order valence-electron chi connectivity index (χ3n) is 5.09. The second-order valence-corrected chi connectivity index (χ2v) is 6.84. The Hall–Kier alpha value is -2.77. The van der Waals surface area contributed by atoms with Crippen molar-refractivity contribution >= 4 is 22.7 Å². The van der Waals surface area contributed by atoms with Gasteiger partial charge in [-0.1, -0.05) is 0 Å². The molecule has 0 aromatic carbocycles. The standard InChI is InChI=1S/C18H22FN7/c1-12-15(19)18(24-10-21-12)25(2)9-13-4-7-26(8-5-13)17-14-3-6-20-16(14)22-11-23-17/h3,6,10-11,13H,4-5,7-9H2,1-2H3,(H,20,22,23). The van der Waals surface area contributed by atoms with Gasteiger partial charge in [-0.15, -0.1) is 0 Å². The largest absolute Gasteiger partial charge is 0.357 e. The van der Waals surface area contributed by atoms with Crippen LogP contribution in [0.2, 0.25) is 0 Å². The molecule has 0 saturated carbocycles. The number of fused-ring (bicyclic) bond motifs is 1. The maximum atomic E-state index is 14.2. The maximum absolute atomic E-state index is 14.2. The third-order valence-corrected chi connectivity index (χ3v) is 5.09. The molecular weight excluding hydrogens is 333 g/mol. The highest BCUT2D eigenvalue weighted by molar-refractivity contribution is 5.87. The van der Waals surface area contributed by atoms with Gasteiger partial charge in [0.15, 0.2) is 11.6 Å². The molecule has 4 heterocycles. The van der Waals surface area contributed by atoms with Crippen molar-refractivity contribution in [3.05, 3.63) is 36.4 Å². The lowest BCUT2D eigenvalue weighted by Crippen LogP contribution is -2.38. The number of piperidine rings is 1. The predicted molar refractivity (Wildman–Crippen MR) is 98.8 cm³/mol. The van der Waals surface area contributed by atoms with Crippen molar-refractivity contribution in [1.82, 2.24) is 24.9 Å². The van der Waals surface area contributed by atoms with Crippen LogP contribution in [0, 0.1) is 18.7 Å². The van der Waals surface area contributed by atoms with Crippen LogP contribution >= 0.6 is 0 Å². The Labute approximate surface area is 151 Å². The summed E-state index contributed by atoms with van der Waals surface area (Å²) >= 11 is 0. The molecule has 26 heavy (non-hydrogen) atoms. The van der Waals surface area contributed by atoms with Gasteiger partial charge < -0.3 is 14.8 Å². The van der Waals surface area contributed by atoms with E-state index in [0.29, 0.717) is 17.4 Å². The first-order chi connectivity index (χ1) is 12.6. The van der Waals surface area contributed by atoms with E-state index in [1.807, 2.05) is 24.2 Å². The first-order valence-electron chi connectivity index (χ1n) is 8.84. The van der Waals surface area contributed by atoms with Gasteiger partial charge in [0.25, 0.3) is 0 Å². The number of anilines is 2. The van der Waals surface area contributed by atoms with Crippen molar-refractivity contribution < 1.29 is 4.39 Å². The number of halogens is 1. The highest BCUT2D eigenvalue weighted by atomic mass is 19.1. The van der Waals surface area contributed by atoms with Crippen molar-refractivity contribution in [3.63, 3.8) is 0 Å². The van der Waals surface area contributed by atoms with Crippen LogP contribution in [0.5, 0.6) is 0 Å². The molecule has 1 aliphatic heterocycles. The monoisotopic (exact) mass is 355 g/mol. The normalized spacial score (nSPS) is 15.6. The van der Waals surface area contributed by atoms with Gasteiger partial charge in [-0.25, -0.2) is 24.3 Å². The Morgan fingerprint density at radius 1 is 1.19 bits per heavy atom. The first-order valence-corrected chi connectivity index (χ1v) is 8.84. The van der Waals surface area contributed by atoms with E-state index in [1.54, 1.807) is 13.3 Å². The van der Waals surface area contributed by atoms with Gasteiger partial charge in [0, 0.05) is 32.9 Å². The molecule has 0 amide bonds. The fraction of sp³-hybridized carbons (Fsp3) is 0.444. The summed E-state index contributed by atoms with van der Waals surface area (Å²) in [6.45, 7) is 4.31. The fourth-order valence-corrected chi connectivity index (χ4v) is 3.62.